The van der Waals surface area contributed by atoms with Crippen LogP contribution >= 0.6 is 24.0 Å². The minimum absolute atomic E-state index is 0. The largest absolute Gasteiger partial charge is 0.347 e. The van der Waals surface area contributed by atoms with Gasteiger partial charge in [0.2, 0.25) is 5.91 Å². The first-order valence-electron chi connectivity index (χ1n) is 9.71. The van der Waals surface area contributed by atoms with Crippen LogP contribution in [0.4, 0.5) is 0 Å². The van der Waals surface area contributed by atoms with Crippen molar-refractivity contribution in [2.24, 2.45) is 10.4 Å². The molecule has 0 bridgehead atoms. The maximum Gasteiger partial charge on any atom is 0.241 e. The van der Waals surface area contributed by atoms with Crippen molar-refractivity contribution in [1.82, 2.24) is 20.1 Å². The van der Waals surface area contributed by atoms with Crippen molar-refractivity contribution < 1.29 is 4.79 Å². The van der Waals surface area contributed by atoms with Crippen molar-refractivity contribution in [2.45, 2.75) is 38.5 Å². The number of pyridine rings is 1. The number of carbonyl (C=O) groups is 1. The van der Waals surface area contributed by atoms with Gasteiger partial charge in [0, 0.05) is 52.0 Å². The highest BCUT2D eigenvalue weighted by Crippen LogP contribution is 2.45. The molecule has 1 saturated heterocycles. The summed E-state index contributed by atoms with van der Waals surface area (Å²) in [5.41, 5.74) is 1.51. The van der Waals surface area contributed by atoms with Crippen molar-refractivity contribution in [3.05, 3.63) is 30.1 Å². The fourth-order valence-corrected chi connectivity index (χ4v) is 4.22. The van der Waals surface area contributed by atoms with Crippen molar-refractivity contribution in [3.63, 3.8) is 0 Å². The first kappa shape index (κ1) is 21.9. The molecular weight excluding hydrogens is 453 g/mol. The smallest absolute Gasteiger partial charge is 0.241 e. The number of rotatable bonds is 5. The van der Waals surface area contributed by atoms with Crippen LogP contribution in [0.2, 0.25) is 0 Å². The number of amides is 1. The molecule has 1 saturated carbocycles. The molecule has 0 unspecified atom stereocenters. The molecule has 150 valence electrons. The third-order valence-corrected chi connectivity index (χ3v) is 5.87. The number of hydrogen-bond acceptors (Lipinski definition) is 3. The Balaban J connectivity index is 0.00000261. The van der Waals surface area contributed by atoms with Crippen molar-refractivity contribution in [2.75, 3.05) is 40.3 Å². The molecule has 27 heavy (non-hydrogen) atoms. The van der Waals surface area contributed by atoms with Crippen LogP contribution in [0.15, 0.2) is 29.4 Å². The lowest BCUT2D eigenvalue weighted by Gasteiger charge is -2.26. The van der Waals surface area contributed by atoms with E-state index in [2.05, 4.69) is 20.2 Å². The lowest BCUT2D eigenvalue weighted by molar-refractivity contribution is -0.128. The van der Waals surface area contributed by atoms with E-state index in [0.717, 1.165) is 31.2 Å². The molecule has 2 fully saturated rings. The molecule has 1 N–H and O–H groups in total. The number of nitrogens with one attached hydrogen (secondary N) is 1. The first-order valence-corrected chi connectivity index (χ1v) is 9.71. The van der Waals surface area contributed by atoms with E-state index in [1.807, 2.05) is 25.2 Å². The summed E-state index contributed by atoms with van der Waals surface area (Å²) in [6, 6.07) is 5.87. The van der Waals surface area contributed by atoms with Crippen LogP contribution in [0.25, 0.3) is 0 Å². The Labute approximate surface area is 179 Å². The van der Waals surface area contributed by atoms with Gasteiger partial charge in [-0.1, -0.05) is 18.9 Å². The standard InChI is InChI=1S/C20H31N5O.HI/c1-21-19(25-14-11-20(16-25)9-4-5-10-20)23-15-18(26)24(2)13-8-17-7-3-6-12-22-17;/h3,6-7,12H,4-5,8-11,13-16H2,1-2H3,(H,21,23);1H. The van der Waals surface area contributed by atoms with Gasteiger partial charge >= 0.3 is 0 Å². The number of hydrogen-bond donors (Lipinski definition) is 1. The van der Waals surface area contributed by atoms with Gasteiger partial charge in [0.1, 0.15) is 0 Å². The second-order valence-corrected chi connectivity index (χ2v) is 7.67. The summed E-state index contributed by atoms with van der Waals surface area (Å²) in [5, 5.41) is 3.27. The predicted octanol–water partition coefficient (Wildman–Crippen LogP) is 2.54. The van der Waals surface area contributed by atoms with Crippen molar-refractivity contribution >= 4 is 35.8 Å². The number of halogens is 1. The lowest BCUT2D eigenvalue weighted by atomic mass is 9.86. The van der Waals surface area contributed by atoms with Crippen LogP contribution in [-0.2, 0) is 11.2 Å². The van der Waals surface area contributed by atoms with Crippen LogP contribution in [0.1, 0.15) is 37.8 Å². The van der Waals surface area contributed by atoms with Gasteiger partial charge in [0.25, 0.3) is 0 Å². The Bertz CT molecular complexity index is 631. The Morgan fingerprint density at radius 2 is 2.11 bits per heavy atom. The fourth-order valence-electron chi connectivity index (χ4n) is 4.22. The zero-order chi connectivity index (χ0) is 18.4. The molecule has 2 aliphatic rings. The molecule has 7 heteroatoms. The SMILES string of the molecule is CN=C(NCC(=O)N(C)CCc1ccccn1)N1CCC2(CCCC2)C1.I. The maximum atomic E-state index is 12.4. The molecule has 2 heterocycles. The molecule has 1 spiro atoms. The third kappa shape index (κ3) is 5.80. The number of aromatic nitrogens is 1. The topological polar surface area (TPSA) is 60.8 Å². The van der Waals surface area contributed by atoms with E-state index in [0.29, 0.717) is 12.0 Å². The highest BCUT2D eigenvalue weighted by molar-refractivity contribution is 14.0. The Kier molecular flexibility index (Phi) is 8.31. The van der Waals surface area contributed by atoms with Gasteiger partial charge in [0.15, 0.2) is 5.96 Å². The van der Waals surface area contributed by atoms with Crippen LogP contribution in [0.3, 0.4) is 0 Å². The minimum Gasteiger partial charge on any atom is -0.347 e. The molecular formula is C20H32IN5O. The molecule has 0 aromatic carbocycles. The molecule has 3 rings (SSSR count). The van der Waals surface area contributed by atoms with Crippen LogP contribution < -0.4 is 5.32 Å². The number of likely N-dealkylation sites (tertiary alicyclic amines) is 1. The molecule has 0 atom stereocenters. The Morgan fingerprint density at radius 1 is 1.33 bits per heavy atom. The summed E-state index contributed by atoms with van der Waals surface area (Å²) in [6.07, 6.45) is 9.22. The van der Waals surface area contributed by atoms with E-state index in [4.69, 9.17) is 0 Å². The van der Waals surface area contributed by atoms with Gasteiger partial charge in [-0.3, -0.25) is 14.8 Å². The van der Waals surface area contributed by atoms with Crippen LogP contribution in [0.5, 0.6) is 0 Å². The van der Waals surface area contributed by atoms with E-state index >= 15 is 0 Å². The van der Waals surface area contributed by atoms with E-state index in [-0.39, 0.29) is 36.4 Å². The zero-order valence-electron chi connectivity index (χ0n) is 16.5. The average molecular weight is 485 g/mol. The summed E-state index contributed by atoms with van der Waals surface area (Å²) in [7, 11) is 3.65. The first-order chi connectivity index (χ1) is 12.6. The molecule has 1 aromatic heterocycles. The van der Waals surface area contributed by atoms with Crippen LogP contribution in [0, 0.1) is 5.41 Å². The number of carbonyl (C=O) groups excluding carboxylic acids is 1. The van der Waals surface area contributed by atoms with E-state index in [1.165, 1.54) is 32.1 Å². The van der Waals surface area contributed by atoms with Crippen LogP contribution in [-0.4, -0.2) is 66.9 Å². The molecule has 1 aliphatic carbocycles. The molecule has 1 aromatic rings. The average Bonchev–Trinajstić information content (AvgIpc) is 3.31. The van der Waals surface area contributed by atoms with Gasteiger partial charge < -0.3 is 15.1 Å². The monoisotopic (exact) mass is 485 g/mol. The molecule has 6 nitrogen and oxygen atoms in total. The predicted molar refractivity (Wildman–Crippen MR) is 119 cm³/mol. The second kappa shape index (κ2) is 10.2. The summed E-state index contributed by atoms with van der Waals surface area (Å²) in [5.74, 6) is 0.942. The normalized spacial score (nSPS) is 18.4. The van der Waals surface area contributed by atoms with Crippen molar-refractivity contribution in [1.29, 1.82) is 0 Å². The van der Waals surface area contributed by atoms with Gasteiger partial charge in [0.05, 0.1) is 6.54 Å². The molecule has 0 radical (unpaired) electrons. The highest BCUT2D eigenvalue weighted by Gasteiger charge is 2.41. The Hall–Kier alpha value is -1.38. The number of nitrogens with zero attached hydrogens (tertiary/aromatic N) is 4. The summed E-state index contributed by atoms with van der Waals surface area (Å²) in [6.45, 7) is 3.08. The quantitative estimate of drug-likeness (QED) is 0.396. The number of likely N-dealkylation sites (N-methyl/N-ethyl adjacent to an activating group) is 1. The van der Waals surface area contributed by atoms with Crippen molar-refractivity contribution in [3.8, 4) is 0 Å². The van der Waals surface area contributed by atoms with E-state index in [9.17, 15) is 4.79 Å². The van der Waals surface area contributed by atoms with Gasteiger partial charge in [-0.2, -0.15) is 0 Å². The summed E-state index contributed by atoms with van der Waals surface area (Å²) < 4.78 is 0. The van der Waals surface area contributed by atoms with E-state index in [1.54, 1.807) is 18.1 Å². The fraction of sp³-hybridized carbons (Fsp3) is 0.650. The maximum absolute atomic E-state index is 12.4. The highest BCUT2D eigenvalue weighted by atomic mass is 127. The minimum atomic E-state index is 0. The summed E-state index contributed by atoms with van der Waals surface area (Å²) in [4.78, 5) is 25.2. The number of aliphatic imine (C=N–C) groups is 1. The second-order valence-electron chi connectivity index (χ2n) is 7.67. The number of guanidine groups is 1. The summed E-state index contributed by atoms with van der Waals surface area (Å²) >= 11 is 0. The third-order valence-electron chi connectivity index (χ3n) is 5.87. The van der Waals surface area contributed by atoms with E-state index < -0.39 is 0 Å². The molecule has 1 amide bonds. The Morgan fingerprint density at radius 3 is 2.78 bits per heavy atom. The molecule has 1 aliphatic heterocycles. The lowest BCUT2D eigenvalue weighted by Crippen LogP contribution is -2.45. The zero-order valence-corrected chi connectivity index (χ0v) is 18.8. The van der Waals surface area contributed by atoms with Gasteiger partial charge in [-0.25, -0.2) is 0 Å². The van der Waals surface area contributed by atoms with Gasteiger partial charge in [-0.05, 0) is 36.8 Å². The van der Waals surface area contributed by atoms with Gasteiger partial charge in [-0.15, -0.1) is 24.0 Å².